The number of amides is 3. The van der Waals surface area contributed by atoms with E-state index in [1.54, 1.807) is 13.8 Å². The maximum atomic E-state index is 12.2. The van der Waals surface area contributed by atoms with Gasteiger partial charge in [0, 0.05) is 19.1 Å². The fraction of sp³-hybridized carbons (Fsp3) is 0.727. The van der Waals surface area contributed by atoms with E-state index >= 15 is 0 Å². The lowest BCUT2D eigenvalue weighted by atomic mass is 10.3. The van der Waals surface area contributed by atoms with E-state index in [-0.39, 0.29) is 25.0 Å². The number of carboxylic acid groups (broad SMARTS) is 1. The van der Waals surface area contributed by atoms with Gasteiger partial charge in [-0.2, -0.15) is 0 Å². The summed E-state index contributed by atoms with van der Waals surface area (Å²) < 4.78 is 0. The summed E-state index contributed by atoms with van der Waals surface area (Å²) in [6, 6.07) is -0.621. The summed E-state index contributed by atoms with van der Waals surface area (Å²) in [4.78, 5) is 36.9. The van der Waals surface area contributed by atoms with Gasteiger partial charge in [-0.3, -0.25) is 9.59 Å². The fourth-order valence-corrected chi connectivity index (χ4v) is 1.77. The second-order valence-corrected chi connectivity index (χ2v) is 4.52. The molecule has 0 aromatic rings. The number of hydrogen-bond acceptors (Lipinski definition) is 3. The minimum atomic E-state index is -1.06. The molecule has 0 aromatic heterocycles. The topological polar surface area (TPSA) is 90.0 Å². The molecule has 0 spiro atoms. The Morgan fingerprint density at radius 1 is 1.50 bits per heavy atom. The molecule has 1 rings (SSSR count). The first kappa shape index (κ1) is 14.3. The Balaban J connectivity index is 2.74. The second kappa shape index (κ2) is 6.23. The van der Waals surface area contributed by atoms with Gasteiger partial charge in [0.25, 0.3) is 0 Å². The van der Waals surface area contributed by atoms with E-state index in [1.807, 2.05) is 0 Å². The predicted molar refractivity (Wildman–Crippen MR) is 64.1 cm³/mol. The molecule has 0 aliphatic carbocycles. The number of nitrogens with one attached hydrogen (secondary N) is 1. The quantitative estimate of drug-likeness (QED) is 0.728. The van der Waals surface area contributed by atoms with Crippen molar-refractivity contribution in [2.24, 2.45) is 0 Å². The van der Waals surface area contributed by atoms with Crippen molar-refractivity contribution in [3.63, 3.8) is 0 Å². The van der Waals surface area contributed by atoms with Crippen LogP contribution in [-0.2, 0) is 9.59 Å². The summed E-state index contributed by atoms with van der Waals surface area (Å²) >= 11 is 0. The lowest BCUT2D eigenvalue weighted by Crippen LogP contribution is -2.50. The van der Waals surface area contributed by atoms with E-state index in [2.05, 4.69) is 5.32 Å². The molecule has 3 amide bonds. The highest BCUT2D eigenvalue weighted by Gasteiger charge is 2.27. The van der Waals surface area contributed by atoms with Gasteiger partial charge in [0.05, 0.1) is 0 Å². The molecule has 1 saturated heterocycles. The molecule has 18 heavy (non-hydrogen) atoms. The highest BCUT2D eigenvalue weighted by atomic mass is 16.4. The van der Waals surface area contributed by atoms with Crippen LogP contribution in [0.1, 0.15) is 20.3 Å². The minimum absolute atomic E-state index is 0.0122. The number of rotatable bonds is 3. The summed E-state index contributed by atoms with van der Waals surface area (Å²) in [6.45, 7) is 4.14. The van der Waals surface area contributed by atoms with E-state index in [0.717, 1.165) is 0 Å². The zero-order chi connectivity index (χ0) is 13.7. The van der Waals surface area contributed by atoms with Gasteiger partial charge in [-0.15, -0.1) is 0 Å². The predicted octanol–water partition coefficient (Wildman–Crippen LogP) is -0.277. The summed E-state index contributed by atoms with van der Waals surface area (Å²) in [5, 5.41) is 11.5. The first-order valence-electron chi connectivity index (χ1n) is 5.96. The Labute approximate surface area is 106 Å². The molecule has 7 heteroatoms. The molecule has 0 aromatic carbocycles. The third-order valence-electron chi connectivity index (χ3n) is 2.71. The molecular weight excluding hydrogens is 238 g/mol. The van der Waals surface area contributed by atoms with Crippen molar-refractivity contribution in [2.75, 3.05) is 26.2 Å². The van der Waals surface area contributed by atoms with Gasteiger partial charge >= 0.3 is 12.0 Å². The third-order valence-corrected chi connectivity index (χ3v) is 2.71. The number of nitrogens with zero attached hydrogens (tertiary/aromatic N) is 2. The molecule has 0 bridgehead atoms. The summed E-state index contributed by atoms with van der Waals surface area (Å²) in [5.74, 6) is -1.27. The first-order chi connectivity index (χ1) is 8.41. The molecule has 0 saturated carbocycles. The maximum absolute atomic E-state index is 12.2. The molecule has 0 unspecified atom stereocenters. The Bertz CT molecular complexity index is 343. The van der Waals surface area contributed by atoms with E-state index in [4.69, 9.17) is 5.11 Å². The van der Waals surface area contributed by atoms with Gasteiger partial charge in [-0.1, -0.05) is 0 Å². The molecule has 7 nitrogen and oxygen atoms in total. The van der Waals surface area contributed by atoms with Crippen molar-refractivity contribution in [1.82, 2.24) is 15.1 Å². The van der Waals surface area contributed by atoms with Crippen LogP contribution in [0.2, 0.25) is 0 Å². The Morgan fingerprint density at radius 3 is 2.72 bits per heavy atom. The molecule has 0 atom stereocenters. The SMILES string of the molecule is CC(C)N(CC(=O)O)C(=O)N1CCCNC(=O)C1. The molecule has 1 heterocycles. The first-order valence-corrected chi connectivity index (χ1v) is 5.96. The van der Waals surface area contributed by atoms with Crippen LogP contribution in [0.3, 0.4) is 0 Å². The Hall–Kier alpha value is -1.79. The number of urea groups is 1. The third kappa shape index (κ3) is 3.90. The largest absolute Gasteiger partial charge is 0.480 e. The zero-order valence-electron chi connectivity index (χ0n) is 10.7. The Morgan fingerprint density at radius 2 is 2.17 bits per heavy atom. The number of aliphatic carboxylic acids is 1. The molecule has 1 aliphatic rings. The van der Waals surface area contributed by atoms with Crippen molar-refractivity contribution >= 4 is 17.9 Å². The van der Waals surface area contributed by atoms with Crippen molar-refractivity contribution in [2.45, 2.75) is 26.3 Å². The van der Waals surface area contributed by atoms with Gasteiger partial charge < -0.3 is 20.2 Å². The van der Waals surface area contributed by atoms with Crippen molar-refractivity contribution in [3.8, 4) is 0 Å². The van der Waals surface area contributed by atoms with Crippen LogP contribution < -0.4 is 5.32 Å². The van der Waals surface area contributed by atoms with Crippen LogP contribution in [0.4, 0.5) is 4.79 Å². The summed E-state index contributed by atoms with van der Waals surface area (Å²) in [6.07, 6.45) is 0.677. The fourth-order valence-electron chi connectivity index (χ4n) is 1.77. The standard InChI is InChI=1S/C11H19N3O4/c1-8(2)14(7-10(16)17)11(18)13-5-3-4-12-9(15)6-13/h8H,3-7H2,1-2H3,(H,12,15)(H,16,17). The number of hydrogen-bond donors (Lipinski definition) is 2. The van der Waals surface area contributed by atoms with E-state index in [1.165, 1.54) is 9.80 Å². The van der Waals surface area contributed by atoms with E-state index in [0.29, 0.717) is 19.5 Å². The average Bonchev–Trinajstić information content (AvgIpc) is 2.49. The van der Waals surface area contributed by atoms with Crippen LogP contribution in [0.25, 0.3) is 0 Å². The smallest absolute Gasteiger partial charge is 0.323 e. The minimum Gasteiger partial charge on any atom is -0.480 e. The van der Waals surface area contributed by atoms with E-state index in [9.17, 15) is 14.4 Å². The van der Waals surface area contributed by atoms with Crippen LogP contribution in [-0.4, -0.2) is 65.0 Å². The average molecular weight is 257 g/mol. The van der Waals surface area contributed by atoms with Gasteiger partial charge in [0.1, 0.15) is 13.1 Å². The van der Waals surface area contributed by atoms with Gasteiger partial charge in [-0.05, 0) is 20.3 Å². The van der Waals surface area contributed by atoms with Crippen LogP contribution in [0.15, 0.2) is 0 Å². The van der Waals surface area contributed by atoms with E-state index < -0.39 is 12.0 Å². The maximum Gasteiger partial charge on any atom is 0.323 e. The zero-order valence-corrected chi connectivity index (χ0v) is 10.7. The molecule has 0 radical (unpaired) electrons. The lowest BCUT2D eigenvalue weighted by Gasteiger charge is -2.30. The highest BCUT2D eigenvalue weighted by Crippen LogP contribution is 2.07. The van der Waals surface area contributed by atoms with Gasteiger partial charge in [0.15, 0.2) is 0 Å². The molecule has 1 fully saturated rings. The van der Waals surface area contributed by atoms with Gasteiger partial charge in [0.2, 0.25) is 5.91 Å². The number of carboxylic acids is 1. The van der Waals surface area contributed by atoms with Gasteiger partial charge in [-0.25, -0.2) is 4.79 Å². The van der Waals surface area contributed by atoms with Crippen LogP contribution in [0, 0.1) is 0 Å². The number of carbonyl (C=O) groups is 3. The summed E-state index contributed by atoms with van der Waals surface area (Å²) in [5.41, 5.74) is 0. The van der Waals surface area contributed by atoms with Crippen molar-refractivity contribution in [3.05, 3.63) is 0 Å². The van der Waals surface area contributed by atoms with Crippen LogP contribution in [0.5, 0.6) is 0 Å². The van der Waals surface area contributed by atoms with Crippen molar-refractivity contribution in [1.29, 1.82) is 0 Å². The monoisotopic (exact) mass is 257 g/mol. The number of carbonyl (C=O) groups excluding carboxylic acids is 2. The lowest BCUT2D eigenvalue weighted by molar-refractivity contribution is -0.138. The summed E-state index contributed by atoms with van der Waals surface area (Å²) in [7, 11) is 0. The molecule has 102 valence electrons. The molecular formula is C11H19N3O4. The second-order valence-electron chi connectivity index (χ2n) is 4.52. The highest BCUT2D eigenvalue weighted by molar-refractivity contribution is 5.86. The Kier molecular flexibility index (Phi) is 4.94. The van der Waals surface area contributed by atoms with Crippen LogP contribution >= 0.6 is 0 Å². The normalized spacial score (nSPS) is 16.2. The molecule has 2 N–H and O–H groups in total. The van der Waals surface area contributed by atoms with Crippen molar-refractivity contribution < 1.29 is 19.5 Å². The molecule has 1 aliphatic heterocycles.